The maximum absolute atomic E-state index is 11.6. The van der Waals surface area contributed by atoms with Crippen molar-refractivity contribution in [1.29, 1.82) is 0 Å². The summed E-state index contributed by atoms with van der Waals surface area (Å²) in [5, 5.41) is 13.1. The van der Waals surface area contributed by atoms with Gasteiger partial charge in [-0.15, -0.1) is 0 Å². The lowest BCUT2D eigenvalue weighted by molar-refractivity contribution is -0.146. The first kappa shape index (κ1) is 14.8. The van der Waals surface area contributed by atoms with E-state index in [2.05, 4.69) is 5.32 Å². The van der Waals surface area contributed by atoms with E-state index in [9.17, 15) is 9.90 Å². The molecule has 0 aliphatic carbocycles. The number of carboxylic acids is 1. The second-order valence-corrected chi connectivity index (χ2v) is 4.93. The van der Waals surface area contributed by atoms with Crippen molar-refractivity contribution >= 4 is 23.3 Å². The van der Waals surface area contributed by atoms with E-state index in [4.69, 9.17) is 16.3 Å². The van der Waals surface area contributed by atoms with Gasteiger partial charge >= 0.3 is 5.97 Å². The predicted octanol–water partition coefficient (Wildman–Crippen LogP) is 2.88. The van der Waals surface area contributed by atoms with Gasteiger partial charge in [-0.25, -0.2) is 4.79 Å². The molecule has 100 valence electrons. The number of rotatable bonds is 6. The fourth-order valence-electron chi connectivity index (χ4n) is 1.73. The maximum Gasteiger partial charge on any atom is 0.332 e. The summed E-state index contributed by atoms with van der Waals surface area (Å²) in [5.41, 5.74) is -0.449. The number of hydrogen-bond donors (Lipinski definition) is 2. The van der Waals surface area contributed by atoms with Crippen molar-refractivity contribution in [3.8, 4) is 0 Å². The quantitative estimate of drug-likeness (QED) is 0.835. The number of aliphatic carboxylic acids is 1. The molecule has 1 aromatic rings. The summed E-state index contributed by atoms with van der Waals surface area (Å²) in [6, 6.07) is 6.92. The molecule has 5 heteroatoms. The molecule has 18 heavy (non-hydrogen) atoms. The molecular formula is C13H18ClNO3. The Labute approximate surface area is 112 Å². The number of halogens is 1. The number of methoxy groups -OCH3 is 1. The predicted molar refractivity (Wildman–Crippen MR) is 72.2 cm³/mol. The standard InChI is InChI=1S/C13H18ClNO3/c1-9(2)13(8-18-3,12(16)17)15-11-6-4-10(14)5-7-11/h4-7,9,15H,8H2,1-3H3,(H,16,17). The van der Waals surface area contributed by atoms with E-state index in [1.807, 2.05) is 13.8 Å². The SMILES string of the molecule is COCC(Nc1ccc(Cl)cc1)(C(=O)O)C(C)C. The van der Waals surface area contributed by atoms with Gasteiger partial charge in [0.1, 0.15) is 0 Å². The summed E-state index contributed by atoms with van der Waals surface area (Å²) in [6.45, 7) is 3.77. The first-order chi connectivity index (χ1) is 8.42. The number of carboxylic acid groups (broad SMARTS) is 1. The summed E-state index contributed by atoms with van der Waals surface area (Å²) >= 11 is 5.80. The number of carbonyl (C=O) groups is 1. The minimum absolute atomic E-state index is 0.0859. The van der Waals surface area contributed by atoms with Gasteiger partial charge in [0.2, 0.25) is 0 Å². The molecule has 2 N–H and O–H groups in total. The highest BCUT2D eigenvalue weighted by molar-refractivity contribution is 6.30. The Morgan fingerprint density at radius 1 is 1.44 bits per heavy atom. The molecule has 0 aromatic heterocycles. The smallest absolute Gasteiger partial charge is 0.332 e. The summed E-state index contributed by atoms with van der Waals surface area (Å²) < 4.78 is 5.06. The Bertz CT molecular complexity index is 405. The molecule has 0 aliphatic rings. The summed E-state index contributed by atoms with van der Waals surface area (Å²) in [5.74, 6) is -1.07. The van der Waals surface area contributed by atoms with Crippen molar-refractivity contribution in [3.05, 3.63) is 29.3 Å². The zero-order valence-corrected chi connectivity index (χ0v) is 11.5. The minimum Gasteiger partial charge on any atom is -0.479 e. The van der Waals surface area contributed by atoms with Crippen LogP contribution in [-0.4, -0.2) is 30.3 Å². The molecule has 0 fully saturated rings. The number of anilines is 1. The molecule has 0 radical (unpaired) electrons. The second-order valence-electron chi connectivity index (χ2n) is 4.50. The van der Waals surface area contributed by atoms with Crippen molar-refractivity contribution in [2.24, 2.45) is 5.92 Å². The van der Waals surface area contributed by atoms with Crippen LogP contribution in [0.3, 0.4) is 0 Å². The summed E-state index contributed by atoms with van der Waals surface area (Å²) in [4.78, 5) is 11.6. The van der Waals surface area contributed by atoms with Crippen molar-refractivity contribution in [1.82, 2.24) is 0 Å². The number of nitrogens with one attached hydrogen (secondary N) is 1. The molecule has 0 aliphatic heterocycles. The topological polar surface area (TPSA) is 58.6 Å². The molecule has 1 atom stereocenters. The average molecular weight is 272 g/mol. The average Bonchev–Trinajstić information content (AvgIpc) is 2.30. The Morgan fingerprint density at radius 2 is 2.00 bits per heavy atom. The van der Waals surface area contributed by atoms with Crippen LogP contribution in [0.15, 0.2) is 24.3 Å². The second kappa shape index (κ2) is 6.07. The van der Waals surface area contributed by atoms with Crippen LogP contribution in [0.2, 0.25) is 5.02 Å². The number of benzene rings is 1. The van der Waals surface area contributed by atoms with E-state index in [0.29, 0.717) is 10.7 Å². The highest BCUT2D eigenvalue weighted by Crippen LogP contribution is 2.25. The Kier molecular flexibility index (Phi) is 4.99. The van der Waals surface area contributed by atoms with E-state index in [1.54, 1.807) is 24.3 Å². The third kappa shape index (κ3) is 3.15. The van der Waals surface area contributed by atoms with Crippen LogP contribution in [0.4, 0.5) is 5.69 Å². The molecule has 1 aromatic carbocycles. The van der Waals surface area contributed by atoms with Crippen LogP contribution in [-0.2, 0) is 9.53 Å². The molecule has 1 rings (SSSR count). The maximum atomic E-state index is 11.6. The molecule has 4 nitrogen and oxygen atoms in total. The zero-order valence-electron chi connectivity index (χ0n) is 10.7. The van der Waals surface area contributed by atoms with E-state index < -0.39 is 11.5 Å². The minimum atomic E-state index is -1.15. The molecule has 0 amide bonds. The highest BCUT2D eigenvalue weighted by atomic mass is 35.5. The fourth-order valence-corrected chi connectivity index (χ4v) is 1.85. The Morgan fingerprint density at radius 3 is 2.39 bits per heavy atom. The largest absolute Gasteiger partial charge is 0.479 e. The Hall–Kier alpha value is -1.26. The lowest BCUT2D eigenvalue weighted by Crippen LogP contribution is -2.54. The van der Waals surface area contributed by atoms with Gasteiger partial charge in [-0.2, -0.15) is 0 Å². The normalized spacial score (nSPS) is 14.3. The Balaban J connectivity index is 3.03. The van der Waals surface area contributed by atoms with Crippen LogP contribution in [0.25, 0.3) is 0 Å². The summed E-state index contributed by atoms with van der Waals surface area (Å²) in [7, 11) is 1.49. The lowest BCUT2D eigenvalue weighted by atomic mass is 9.86. The van der Waals surface area contributed by atoms with Crippen LogP contribution in [0.5, 0.6) is 0 Å². The van der Waals surface area contributed by atoms with E-state index in [-0.39, 0.29) is 12.5 Å². The van der Waals surface area contributed by atoms with Crippen LogP contribution in [0, 0.1) is 5.92 Å². The van der Waals surface area contributed by atoms with Gasteiger partial charge in [0.15, 0.2) is 5.54 Å². The van der Waals surface area contributed by atoms with Gasteiger partial charge in [-0.3, -0.25) is 0 Å². The van der Waals surface area contributed by atoms with Crippen LogP contribution < -0.4 is 5.32 Å². The van der Waals surface area contributed by atoms with Crippen LogP contribution in [0.1, 0.15) is 13.8 Å². The van der Waals surface area contributed by atoms with Gasteiger partial charge in [0, 0.05) is 17.8 Å². The van der Waals surface area contributed by atoms with Crippen LogP contribution >= 0.6 is 11.6 Å². The molecular weight excluding hydrogens is 254 g/mol. The third-order valence-electron chi connectivity index (χ3n) is 2.95. The summed E-state index contributed by atoms with van der Waals surface area (Å²) in [6.07, 6.45) is 0. The van der Waals surface area contributed by atoms with Gasteiger partial charge in [0.25, 0.3) is 0 Å². The van der Waals surface area contributed by atoms with E-state index in [0.717, 1.165) is 0 Å². The molecule has 0 bridgehead atoms. The van der Waals surface area contributed by atoms with Crippen molar-refractivity contribution in [2.45, 2.75) is 19.4 Å². The van der Waals surface area contributed by atoms with Crippen molar-refractivity contribution in [2.75, 3.05) is 19.0 Å². The molecule has 0 saturated heterocycles. The zero-order chi connectivity index (χ0) is 13.8. The molecule has 0 saturated carbocycles. The molecule has 0 heterocycles. The first-order valence-electron chi connectivity index (χ1n) is 5.68. The van der Waals surface area contributed by atoms with Gasteiger partial charge in [0.05, 0.1) is 6.61 Å². The number of hydrogen-bond acceptors (Lipinski definition) is 3. The van der Waals surface area contributed by atoms with Crippen molar-refractivity contribution in [3.63, 3.8) is 0 Å². The lowest BCUT2D eigenvalue weighted by Gasteiger charge is -2.34. The highest BCUT2D eigenvalue weighted by Gasteiger charge is 2.42. The van der Waals surface area contributed by atoms with Crippen molar-refractivity contribution < 1.29 is 14.6 Å². The number of ether oxygens (including phenoxy) is 1. The third-order valence-corrected chi connectivity index (χ3v) is 3.20. The van der Waals surface area contributed by atoms with Gasteiger partial charge in [-0.05, 0) is 30.2 Å². The van der Waals surface area contributed by atoms with Gasteiger partial charge in [-0.1, -0.05) is 25.4 Å². The fraction of sp³-hybridized carbons (Fsp3) is 0.462. The first-order valence-corrected chi connectivity index (χ1v) is 6.06. The molecule has 0 spiro atoms. The molecule has 1 unspecified atom stereocenters. The van der Waals surface area contributed by atoms with E-state index >= 15 is 0 Å². The van der Waals surface area contributed by atoms with E-state index in [1.165, 1.54) is 7.11 Å². The monoisotopic (exact) mass is 271 g/mol. The van der Waals surface area contributed by atoms with Gasteiger partial charge < -0.3 is 15.2 Å².